The van der Waals surface area contributed by atoms with Crippen molar-refractivity contribution in [3.63, 3.8) is 0 Å². The Morgan fingerprint density at radius 3 is 2.91 bits per heavy atom. The number of aromatic carboxylic acids is 1. The molecule has 1 aromatic heterocycles. The summed E-state index contributed by atoms with van der Waals surface area (Å²) in [6, 6.07) is 0. The van der Waals surface area contributed by atoms with Crippen molar-refractivity contribution in [3.05, 3.63) is 17.0 Å². The lowest BCUT2D eigenvalue weighted by Gasteiger charge is -2.13. The highest BCUT2D eigenvalue weighted by molar-refractivity contribution is 7.99. The van der Waals surface area contributed by atoms with Crippen molar-refractivity contribution in [1.82, 2.24) is 15.1 Å². The van der Waals surface area contributed by atoms with Gasteiger partial charge in [0.05, 0.1) is 23.9 Å². The summed E-state index contributed by atoms with van der Waals surface area (Å²) in [7, 11) is 0. The second-order valence-electron chi connectivity index (χ2n) is 6.24. The van der Waals surface area contributed by atoms with E-state index in [9.17, 15) is 23.5 Å². The Morgan fingerprint density at radius 2 is 2.26 bits per heavy atom. The van der Waals surface area contributed by atoms with Crippen molar-refractivity contribution in [1.29, 1.82) is 0 Å². The molecule has 2 N–H and O–H groups in total. The van der Waals surface area contributed by atoms with Crippen molar-refractivity contribution in [2.24, 2.45) is 11.3 Å². The Bertz CT molecular complexity index is 720. The van der Waals surface area contributed by atoms with E-state index in [1.54, 1.807) is 4.68 Å². The average Bonchev–Trinajstić information content (AvgIpc) is 3.02. The minimum Gasteiger partial charge on any atom is -0.478 e. The summed E-state index contributed by atoms with van der Waals surface area (Å²) >= 11 is 1.36. The number of carboxylic acid groups (broad SMARTS) is 1. The zero-order valence-electron chi connectivity index (χ0n) is 12.1. The van der Waals surface area contributed by atoms with Crippen molar-refractivity contribution < 1.29 is 23.5 Å². The average molecular weight is 343 g/mol. The fourth-order valence-electron chi connectivity index (χ4n) is 3.77. The maximum absolute atomic E-state index is 13.8. The van der Waals surface area contributed by atoms with Crippen LogP contribution >= 0.6 is 11.8 Å². The monoisotopic (exact) mass is 343 g/mol. The number of carboxylic acids is 1. The van der Waals surface area contributed by atoms with Crippen LogP contribution in [0.4, 0.5) is 8.78 Å². The number of hydrogen-bond acceptors (Lipinski definition) is 4. The van der Waals surface area contributed by atoms with Gasteiger partial charge in [-0.3, -0.25) is 9.48 Å². The van der Waals surface area contributed by atoms with Crippen LogP contribution in [0.5, 0.6) is 0 Å². The number of rotatable bonds is 4. The van der Waals surface area contributed by atoms with Crippen molar-refractivity contribution >= 4 is 23.6 Å². The molecule has 0 aromatic carbocycles. The molecule has 3 aliphatic rings. The van der Waals surface area contributed by atoms with Crippen LogP contribution in [-0.4, -0.2) is 44.2 Å². The lowest BCUT2D eigenvalue weighted by atomic mass is 10.1. The SMILES string of the molecule is O=C(O)c1c(CNC(=O)C23CSCC2C3(F)F)nn2c1CCC2. The van der Waals surface area contributed by atoms with E-state index in [0.29, 0.717) is 24.4 Å². The first-order chi connectivity index (χ1) is 10.9. The largest absolute Gasteiger partial charge is 0.478 e. The van der Waals surface area contributed by atoms with E-state index in [4.69, 9.17) is 0 Å². The predicted octanol–water partition coefficient (Wildman–Crippen LogP) is 1.14. The molecule has 1 saturated carbocycles. The summed E-state index contributed by atoms with van der Waals surface area (Å²) in [5.74, 6) is -5.23. The van der Waals surface area contributed by atoms with Gasteiger partial charge in [0.2, 0.25) is 5.91 Å². The van der Waals surface area contributed by atoms with Crippen molar-refractivity contribution in [2.45, 2.75) is 31.9 Å². The summed E-state index contributed by atoms with van der Waals surface area (Å²) in [5.41, 5.74) is -0.627. The molecule has 9 heteroatoms. The standard InChI is InChI=1S/C14H15F2N3O3S/c15-14(16)9-5-23-6-13(9,14)12(22)17-4-7-10(11(20)21)8-2-1-3-19(8)18-7/h9H,1-6H2,(H,17,22)(H,20,21). The quantitative estimate of drug-likeness (QED) is 0.857. The van der Waals surface area contributed by atoms with Gasteiger partial charge in [0.1, 0.15) is 11.0 Å². The van der Waals surface area contributed by atoms with Crippen LogP contribution in [0, 0.1) is 11.3 Å². The predicted molar refractivity (Wildman–Crippen MR) is 77.5 cm³/mol. The molecule has 0 spiro atoms. The Labute approximate surface area is 134 Å². The van der Waals surface area contributed by atoms with Crippen LogP contribution in [0.25, 0.3) is 0 Å². The first-order valence-corrected chi connectivity index (χ1v) is 8.61. The molecule has 2 unspecified atom stereocenters. The molecule has 1 aromatic rings. The van der Waals surface area contributed by atoms with Crippen LogP contribution < -0.4 is 5.32 Å². The molecular formula is C14H15F2N3O3S. The Hall–Kier alpha value is -1.64. The lowest BCUT2D eigenvalue weighted by molar-refractivity contribution is -0.129. The van der Waals surface area contributed by atoms with E-state index in [1.807, 2.05) is 0 Å². The summed E-state index contributed by atoms with van der Waals surface area (Å²) < 4.78 is 29.3. The second kappa shape index (κ2) is 4.68. The number of amides is 1. The highest BCUT2D eigenvalue weighted by Gasteiger charge is 2.86. The number of carbonyl (C=O) groups excluding carboxylic acids is 1. The van der Waals surface area contributed by atoms with Gasteiger partial charge in [-0.1, -0.05) is 0 Å². The molecule has 4 rings (SSSR count). The number of carbonyl (C=O) groups is 2. The Balaban J connectivity index is 1.52. The van der Waals surface area contributed by atoms with Gasteiger partial charge in [-0.15, -0.1) is 0 Å². The normalized spacial score (nSPS) is 29.9. The van der Waals surface area contributed by atoms with Crippen LogP contribution in [0.15, 0.2) is 0 Å². The fourth-order valence-corrected chi connectivity index (χ4v) is 5.46. The van der Waals surface area contributed by atoms with Gasteiger partial charge in [0, 0.05) is 18.1 Å². The number of aromatic nitrogens is 2. The molecule has 23 heavy (non-hydrogen) atoms. The van der Waals surface area contributed by atoms with Gasteiger partial charge in [0.25, 0.3) is 5.92 Å². The maximum atomic E-state index is 13.8. The van der Waals surface area contributed by atoms with Crippen molar-refractivity contribution in [2.75, 3.05) is 11.5 Å². The van der Waals surface area contributed by atoms with Crippen LogP contribution in [0.3, 0.4) is 0 Å². The molecule has 2 fully saturated rings. The summed E-state index contributed by atoms with van der Waals surface area (Å²) in [4.78, 5) is 23.7. The number of hydrogen-bond donors (Lipinski definition) is 2. The van der Waals surface area contributed by atoms with Gasteiger partial charge < -0.3 is 10.4 Å². The van der Waals surface area contributed by atoms with Gasteiger partial charge >= 0.3 is 5.97 Å². The first-order valence-electron chi connectivity index (χ1n) is 7.45. The lowest BCUT2D eigenvalue weighted by Crippen LogP contribution is -2.37. The van der Waals surface area contributed by atoms with E-state index in [2.05, 4.69) is 10.4 Å². The molecule has 1 amide bonds. The van der Waals surface area contributed by atoms with E-state index in [-0.39, 0.29) is 23.6 Å². The van der Waals surface area contributed by atoms with Crippen molar-refractivity contribution in [3.8, 4) is 0 Å². The molecule has 6 nitrogen and oxygen atoms in total. The summed E-state index contributed by atoms with van der Waals surface area (Å²) in [5, 5.41) is 16.1. The maximum Gasteiger partial charge on any atom is 0.339 e. The molecule has 0 bridgehead atoms. The number of alkyl halides is 2. The Morgan fingerprint density at radius 1 is 1.48 bits per heavy atom. The van der Waals surface area contributed by atoms with Gasteiger partial charge in [0.15, 0.2) is 0 Å². The molecule has 1 aliphatic carbocycles. The topological polar surface area (TPSA) is 84.2 Å². The molecule has 2 atom stereocenters. The molecule has 1 saturated heterocycles. The number of nitrogens with zero attached hydrogens (tertiary/aromatic N) is 2. The van der Waals surface area contributed by atoms with Gasteiger partial charge in [-0.05, 0) is 12.8 Å². The van der Waals surface area contributed by atoms with Crippen LogP contribution in [-0.2, 0) is 24.3 Å². The molecule has 0 radical (unpaired) electrons. The zero-order valence-corrected chi connectivity index (χ0v) is 13.0. The molecule has 124 valence electrons. The van der Waals surface area contributed by atoms with Crippen LogP contribution in [0.1, 0.15) is 28.2 Å². The zero-order chi connectivity index (χ0) is 16.4. The first kappa shape index (κ1) is 14.9. The van der Waals surface area contributed by atoms with E-state index >= 15 is 0 Å². The van der Waals surface area contributed by atoms with Gasteiger partial charge in [-0.2, -0.15) is 16.9 Å². The number of thioether (sulfide) groups is 1. The summed E-state index contributed by atoms with van der Waals surface area (Å²) in [6.07, 6.45) is 1.47. The number of fused-ring (bicyclic) bond motifs is 2. The number of nitrogens with one attached hydrogen (secondary N) is 1. The Kier molecular flexibility index (Phi) is 3.04. The third-order valence-corrected chi connectivity index (χ3v) is 6.34. The van der Waals surface area contributed by atoms with Crippen LogP contribution in [0.2, 0.25) is 0 Å². The third-order valence-electron chi connectivity index (χ3n) is 5.11. The van der Waals surface area contributed by atoms with E-state index < -0.39 is 29.1 Å². The second-order valence-corrected chi connectivity index (χ2v) is 7.28. The third kappa shape index (κ3) is 1.82. The number of halogens is 2. The van der Waals surface area contributed by atoms with E-state index in [0.717, 1.165) is 6.42 Å². The molecule has 2 aliphatic heterocycles. The minimum absolute atomic E-state index is 0.0974. The smallest absolute Gasteiger partial charge is 0.339 e. The fraction of sp³-hybridized carbons (Fsp3) is 0.643. The van der Waals surface area contributed by atoms with Gasteiger partial charge in [-0.25, -0.2) is 13.6 Å². The number of aryl methyl sites for hydroxylation is 1. The van der Waals surface area contributed by atoms with E-state index in [1.165, 1.54) is 11.8 Å². The summed E-state index contributed by atoms with van der Waals surface area (Å²) in [6.45, 7) is 0.514. The minimum atomic E-state index is -2.95. The molecular weight excluding hydrogens is 328 g/mol. The molecule has 3 heterocycles. The highest BCUT2D eigenvalue weighted by Crippen LogP contribution is 2.71. The highest BCUT2D eigenvalue weighted by atomic mass is 32.2.